The van der Waals surface area contributed by atoms with Gasteiger partial charge in [0.15, 0.2) is 0 Å². The van der Waals surface area contributed by atoms with Crippen LogP contribution in [0.25, 0.3) is 0 Å². The van der Waals surface area contributed by atoms with Crippen LogP contribution in [0.1, 0.15) is 19.8 Å². The van der Waals surface area contributed by atoms with Crippen molar-refractivity contribution >= 4 is 5.69 Å². The van der Waals surface area contributed by atoms with Gasteiger partial charge in [0.05, 0.1) is 6.61 Å². The normalized spacial score (nSPS) is 21.0. The zero-order chi connectivity index (χ0) is 15.1. The van der Waals surface area contributed by atoms with E-state index in [1.807, 2.05) is 12.1 Å². The van der Waals surface area contributed by atoms with E-state index in [1.165, 1.54) is 25.9 Å². The number of hydrogen-bond acceptors (Lipinski definition) is 4. The van der Waals surface area contributed by atoms with Crippen molar-refractivity contribution in [1.82, 2.24) is 4.90 Å². The Hall–Kier alpha value is -1.26. The zero-order valence-electron chi connectivity index (χ0n) is 13.5. The Morgan fingerprint density at radius 1 is 1.29 bits per heavy atom. The van der Waals surface area contributed by atoms with E-state index in [2.05, 4.69) is 36.3 Å². The van der Waals surface area contributed by atoms with Gasteiger partial charge in [0.2, 0.25) is 0 Å². The van der Waals surface area contributed by atoms with Gasteiger partial charge in [-0.05, 0) is 63.5 Å². The first-order valence-electron chi connectivity index (χ1n) is 7.86. The summed E-state index contributed by atoms with van der Waals surface area (Å²) >= 11 is 0. The fourth-order valence-electron chi connectivity index (χ4n) is 2.89. The second-order valence-electron chi connectivity index (χ2n) is 5.96. The van der Waals surface area contributed by atoms with Crippen molar-refractivity contribution in [2.75, 3.05) is 45.8 Å². The van der Waals surface area contributed by atoms with Crippen molar-refractivity contribution < 1.29 is 9.47 Å². The summed E-state index contributed by atoms with van der Waals surface area (Å²) < 4.78 is 10.6. The third-order valence-electron chi connectivity index (χ3n) is 4.17. The summed E-state index contributed by atoms with van der Waals surface area (Å²) in [5.41, 5.74) is 1.16. The molecular formula is C17H28N2O2. The standard InChI is InChI=1S/C17H28N2O2/c1-14(15-5-4-10-19(2)13-15)18-16-6-8-17(9-7-16)21-12-11-20-3/h6-9,14-15,18H,4-5,10-13H2,1-3H3. The Morgan fingerprint density at radius 2 is 2.05 bits per heavy atom. The molecule has 4 heteroatoms. The molecule has 1 fully saturated rings. The fraction of sp³-hybridized carbons (Fsp3) is 0.647. The van der Waals surface area contributed by atoms with Crippen molar-refractivity contribution in [3.63, 3.8) is 0 Å². The van der Waals surface area contributed by atoms with Gasteiger partial charge in [-0.1, -0.05) is 0 Å². The minimum atomic E-state index is 0.494. The highest BCUT2D eigenvalue weighted by atomic mass is 16.5. The summed E-state index contributed by atoms with van der Waals surface area (Å²) in [6.07, 6.45) is 2.62. The lowest BCUT2D eigenvalue weighted by atomic mass is 9.92. The summed E-state index contributed by atoms with van der Waals surface area (Å²) in [4.78, 5) is 2.43. The minimum absolute atomic E-state index is 0.494. The predicted octanol–water partition coefficient (Wildman–Crippen LogP) is 2.85. The van der Waals surface area contributed by atoms with Crippen LogP contribution in [0.5, 0.6) is 5.75 Å². The van der Waals surface area contributed by atoms with Gasteiger partial charge in [-0.25, -0.2) is 0 Å². The first-order chi connectivity index (χ1) is 10.2. The monoisotopic (exact) mass is 292 g/mol. The summed E-state index contributed by atoms with van der Waals surface area (Å²) in [6, 6.07) is 8.69. The van der Waals surface area contributed by atoms with Crippen molar-refractivity contribution in [2.24, 2.45) is 5.92 Å². The molecule has 1 heterocycles. The number of piperidine rings is 1. The van der Waals surface area contributed by atoms with Crippen LogP contribution in [-0.2, 0) is 4.74 Å². The number of ether oxygens (including phenoxy) is 2. The first-order valence-corrected chi connectivity index (χ1v) is 7.86. The van der Waals surface area contributed by atoms with Gasteiger partial charge in [0, 0.05) is 25.4 Å². The van der Waals surface area contributed by atoms with Crippen molar-refractivity contribution in [3.05, 3.63) is 24.3 Å². The molecule has 0 radical (unpaired) electrons. The lowest BCUT2D eigenvalue weighted by Gasteiger charge is -2.34. The molecule has 21 heavy (non-hydrogen) atoms. The maximum absolute atomic E-state index is 5.58. The van der Waals surface area contributed by atoms with Gasteiger partial charge in [0.25, 0.3) is 0 Å². The van der Waals surface area contributed by atoms with E-state index in [4.69, 9.17) is 9.47 Å². The lowest BCUT2D eigenvalue weighted by molar-refractivity contribution is 0.146. The summed E-state index contributed by atoms with van der Waals surface area (Å²) in [7, 11) is 3.89. The Bertz CT molecular complexity index is 408. The Balaban J connectivity index is 1.81. The van der Waals surface area contributed by atoms with Crippen LogP contribution in [-0.4, -0.2) is 51.4 Å². The molecule has 1 saturated heterocycles. The van der Waals surface area contributed by atoms with Gasteiger partial charge >= 0.3 is 0 Å². The highest BCUT2D eigenvalue weighted by Crippen LogP contribution is 2.23. The number of benzene rings is 1. The van der Waals surface area contributed by atoms with E-state index >= 15 is 0 Å². The third-order valence-corrected chi connectivity index (χ3v) is 4.17. The van der Waals surface area contributed by atoms with E-state index in [0.29, 0.717) is 19.3 Å². The number of rotatable bonds is 7. The lowest BCUT2D eigenvalue weighted by Crippen LogP contribution is -2.39. The van der Waals surface area contributed by atoms with Gasteiger partial charge in [-0.3, -0.25) is 0 Å². The summed E-state index contributed by atoms with van der Waals surface area (Å²) in [5.74, 6) is 1.61. The van der Waals surface area contributed by atoms with E-state index < -0.39 is 0 Å². The number of nitrogens with zero attached hydrogens (tertiary/aromatic N) is 1. The molecule has 1 aromatic rings. The molecular weight excluding hydrogens is 264 g/mol. The Kier molecular flexibility index (Phi) is 6.33. The van der Waals surface area contributed by atoms with Crippen LogP contribution in [0.3, 0.4) is 0 Å². The maximum atomic E-state index is 5.58. The van der Waals surface area contributed by atoms with Gasteiger partial charge in [-0.2, -0.15) is 0 Å². The molecule has 1 aliphatic heterocycles. The van der Waals surface area contributed by atoms with Crippen LogP contribution < -0.4 is 10.1 Å². The van der Waals surface area contributed by atoms with E-state index in [-0.39, 0.29) is 0 Å². The minimum Gasteiger partial charge on any atom is -0.491 e. The van der Waals surface area contributed by atoms with Gasteiger partial charge in [-0.15, -0.1) is 0 Å². The smallest absolute Gasteiger partial charge is 0.119 e. The van der Waals surface area contributed by atoms with Gasteiger partial charge < -0.3 is 19.7 Å². The topological polar surface area (TPSA) is 33.7 Å². The second-order valence-corrected chi connectivity index (χ2v) is 5.96. The van der Waals surface area contributed by atoms with Crippen LogP contribution in [0.2, 0.25) is 0 Å². The molecule has 1 N–H and O–H groups in total. The van der Waals surface area contributed by atoms with Crippen molar-refractivity contribution in [2.45, 2.75) is 25.8 Å². The molecule has 4 nitrogen and oxygen atoms in total. The summed E-state index contributed by atoms with van der Waals surface area (Å²) in [5, 5.41) is 3.62. The SMILES string of the molecule is COCCOc1ccc(NC(C)C2CCCN(C)C2)cc1. The number of nitrogens with one attached hydrogen (secondary N) is 1. The molecule has 0 saturated carbocycles. The van der Waals surface area contributed by atoms with Crippen molar-refractivity contribution in [3.8, 4) is 5.75 Å². The van der Waals surface area contributed by atoms with E-state index in [9.17, 15) is 0 Å². The number of methoxy groups -OCH3 is 1. The van der Waals surface area contributed by atoms with Crippen LogP contribution in [0, 0.1) is 5.92 Å². The quantitative estimate of drug-likeness (QED) is 0.784. The van der Waals surface area contributed by atoms with E-state index in [0.717, 1.165) is 17.4 Å². The van der Waals surface area contributed by atoms with Crippen LogP contribution in [0.15, 0.2) is 24.3 Å². The maximum Gasteiger partial charge on any atom is 0.119 e. The fourth-order valence-corrected chi connectivity index (χ4v) is 2.89. The Labute approximate surface area is 128 Å². The van der Waals surface area contributed by atoms with Gasteiger partial charge in [0.1, 0.15) is 12.4 Å². The highest BCUT2D eigenvalue weighted by molar-refractivity contribution is 5.47. The molecule has 2 rings (SSSR count). The molecule has 0 spiro atoms. The Morgan fingerprint density at radius 3 is 2.71 bits per heavy atom. The number of hydrogen-bond donors (Lipinski definition) is 1. The van der Waals surface area contributed by atoms with Crippen molar-refractivity contribution in [1.29, 1.82) is 0 Å². The van der Waals surface area contributed by atoms with Crippen LogP contribution >= 0.6 is 0 Å². The first kappa shape index (κ1) is 16.1. The molecule has 2 unspecified atom stereocenters. The highest BCUT2D eigenvalue weighted by Gasteiger charge is 2.22. The molecule has 1 aromatic carbocycles. The third kappa shape index (κ3) is 5.21. The molecule has 0 bridgehead atoms. The number of likely N-dealkylation sites (tertiary alicyclic amines) is 1. The second kappa shape index (κ2) is 8.25. The average molecular weight is 292 g/mol. The number of anilines is 1. The summed E-state index contributed by atoms with van der Waals surface area (Å²) in [6.45, 7) is 5.91. The van der Waals surface area contributed by atoms with E-state index in [1.54, 1.807) is 7.11 Å². The molecule has 1 aliphatic rings. The molecule has 0 aromatic heterocycles. The average Bonchev–Trinajstić information content (AvgIpc) is 2.49. The molecule has 118 valence electrons. The molecule has 0 amide bonds. The largest absolute Gasteiger partial charge is 0.491 e. The zero-order valence-corrected chi connectivity index (χ0v) is 13.5. The molecule has 2 atom stereocenters. The molecule has 0 aliphatic carbocycles. The van der Waals surface area contributed by atoms with Crippen LogP contribution in [0.4, 0.5) is 5.69 Å². The predicted molar refractivity (Wildman–Crippen MR) is 87.1 cm³/mol.